The van der Waals surface area contributed by atoms with Gasteiger partial charge in [0, 0.05) is 0 Å². The Hall–Kier alpha value is -0.900. The third kappa shape index (κ3) is 2.30. The first kappa shape index (κ1) is 9.19. The lowest BCUT2D eigenvalue weighted by Gasteiger charge is -2.02. The van der Waals surface area contributed by atoms with E-state index in [1.54, 1.807) is 0 Å². The summed E-state index contributed by atoms with van der Waals surface area (Å²) in [5, 5.41) is 0. The zero-order valence-corrected chi connectivity index (χ0v) is 6.83. The quantitative estimate of drug-likeness (QED) is 0.419. The van der Waals surface area contributed by atoms with Crippen LogP contribution in [0.2, 0.25) is 0 Å². The van der Waals surface area contributed by atoms with Crippen LogP contribution in [0.1, 0.15) is 0 Å². The van der Waals surface area contributed by atoms with Gasteiger partial charge in [-0.05, 0) is 0 Å². The Kier molecular flexibility index (Phi) is 3.22. The first-order valence-electron chi connectivity index (χ1n) is 3.06. The highest BCUT2D eigenvalue weighted by Gasteiger charge is 2.31. The third-order valence-corrected chi connectivity index (χ3v) is 1.79. The lowest BCUT2D eigenvalue weighted by atomic mass is 10.4. The van der Waals surface area contributed by atoms with Gasteiger partial charge in [0.05, 0.1) is 0 Å². The predicted octanol–water partition coefficient (Wildman–Crippen LogP) is -0.843. The highest BCUT2D eigenvalue weighted by molar-refractivity contribution is 7.75. The van der Waals surface area contributed by atoms with Crippen molar-refractivity contribution in [1.29, 1.82) is 0 Å². The minimum atomic E-state index is -1.83. The van der Waals surface area contributed by atoms with E-state index in [0.29, 0.717) is 0 Å². The molecule has 5 nitrogen and oxygen atoms in total. The molecule has 0 aliphatic carbocycles. The van der Waals surface area contributed by atoms with Gasteiger partial charge in [-0.25, -0.2) is 4.79 Å². The maximum Gasteiger partial charge on any atom is 0.340 e. The van der Waals surface area contributed by atoms with Crippen LogP contribution < -0.4 is 0 Å². The van der Waals surface area contributed by atoms with Crippen molar-refractivity contribution in [3.63, 3.8) is 0 Å². The van der Waals surface area contributed by atoms with Crippen molar-refractivity contribution >= 4 is 17.3 Å². The molecule has 0 N–H and O–H groups in total. The second kappa shape index (κ2) is 4.21. The number of rotatable bonds is 2. The molecule has 1 fully saturated rings. The second-order valence-electron chi connectivity index (χ2n) is 1.89. The molecule has 2 atom stereocenters. The van der Waals surface area contributed by atoms with E-state index in [0.717, 1.165) is 0 Å². The number of hydrogen-bond donors (Lipinski definition) is 0. The van der Waals surface area contributed by atoms with Crippen LogP contribution in [0.3, 0.4) is 0 Å². The fourth-order valence-electron chi connectivity index (χ4n) is 0.581. The summed E-state index contributed by atoms with van der Waals surface area (Å²) in [6.07, 6.45) is 3.93. The van der Waals surface area contributed by atoms with E-state index in [4.69, 9.17) is 6.42 Å². The van der Waals surface area contributed by atoms with Gasteiger partial charge in [0.2, 0.25) is 0 Å². The number of terminal acetylenes is 1. The highest BCUT2D eigenvalue weighted by Crippen LogP contribution is 2.09. The summed E-state index contributed by atoms with van der Waals surface area (Å²) in [6.45, 7) is -0.179. The molecule has 1 heterocycles. The van der Waals surface area contributed by atoms with Crippen molar-refractivity contribution < 1.29 is 22.1 Å². The smallest absolute Gasteiger partial charge is 0.340 e. The van der Waals surface area contributed by atoms with Crippen LogP contribution in [0.25, 0.3) is 0 Å². The fourth-order valence-corrected chi connectivity index (χ4v) is 1.19. The number of carbonyl (C=O) groups excluding carboxylic acids is 1. The minimum absolute atomic E-state index is 0.0595. The van der Waals surface area contributed by atoms with Crippen molar-refractivity contribution in [2.24, 2.45) is 0 Å². The Bertz CT molecular complexity index is 243. The molecule has 0 aromatic heterocycles. The summed E-state index contributed by atoms with van der Waals surface area (Å²) in [4.78, 5) is 10.9. The van der Waals surface area contributed by atoms with Gasteiger partial charge >= 0.3 is 17.3 Å². The zero-order valence-electron chi connectivity index (χ0n) is 6.02. The molecule has 0 aromatic rings. The Morgan fingerprint density at radius 1 is 1.83 bits per heavy atom. The zero-order chi connectivity index (χ0) is 8.97. The van der Waals surface area contributed by atoms with Crippen LogP contribution in [0.4, 0.5) is 0 Å². The lowest BCUT2D eigenvalue weighted by Crippen LogP contribution is -2.25. The first-order chi connectivity index (χ1) is 5.74. The topological polar surface area (TPSA) is 61.8 Å². The predicted molar refractivity (Wildman–Crippen MR) is 38.8 cm³/mol. The van der Waals surface area contributed by atoms with E-state index in [9.17, 15) is 9.00 Å². The average molecular weight is 190 g/mol. The van der Waals surface area contributed by atoms with Gasteiger partial charge in [0.1, 0.15) is 6.61 Å². The second-order valence-corrected chi connectivity index (χ2v) is 2.72. The van der Waals surface area contributed by atoms with Crippen LogP contribution >= 0.6 is 0 Å². The summed E-state index contributed by atoms with van der Waals surface area (Å²) < 4.78 is 24.0. The van der Waals surface area contributed by atoms with Crippen molar-refractivity contribution in [3.8, 4) is 12.3 Å². The van der Waals surface area contributed by atoms with E-state index < -0.39 is 23.4 Å². The number of carbonyl (C=O) groups is 1. The molecular weight excluding hydrogens is 184 g/mol. The maximum absolute atomic E-state index is 10.9. The van der Waals surface area contributed by atoms with Crippen molar-refractivity contribution in [3.05, 3.63) is 0 Å². The maximum atomic E-state index is 10.9. The average Bonchev–Trinajstić information content (AvgIpc) is 2.47. The monoisotopic (exact) mass is 190 g/mol. The van der Waals surface area contributed by atoms with Gasteiger partial charge in [0.25, 0.3) is 0 Å². The lowest BCUT2D eigenvalue weighted by molar-refractivity contribution is -0.149. The van der Waals surface area contributed by atoms with Crippen LogP contribution in [-0.2, 0) is 29.3 Å². The summed E-state index contributed by atoms with van der Waals surface area (Å²) in [6, 6.07) is 0. The number of hydrogen-bond acceptors (Lipinski definition) is 5. The molecule has 66 valence electrons. The van der Waals surface area contributed by atoms with Crippen LogP contribution in [0.5, 0.6) is 0 Å². The molecule has 0 saturated carbocycles. The molecule has 0 amide bonds. The van der Waals surface area contributed by atoms with E-state index in [1.807, 2.05) is 0 Å². The van der Waals surface area contributed by atoms with Crippen molar-refractivity contribution in [1.82, 2.24) is 0 Å². The van der Waals surface area contributed by atoms with Crippen molar-refractivity contribution in [2.45, 2.75) is 6.10 Å². The van der Waals surface area contributed by atoms with Gasteiger partial charge in [-0.2, -0.15) is 4.21 Å². The van der Waals surface area contributed by atoms with Gasteiger partial charge in [0.15, 0.2) is 12.7 Å². The largest absolute Gasteiger partial charge is 0.450 e. The molecule has 0 spiro atoms. The minimum Gasteiger partial charge on any atom is -0.450 e. The van der Waals surface area contributed by atoms with Crippen LogP contribution in [0, 0.1) is 12.3 Å². The van der Waals surface area contributed by atoms with Gasteiger partial charge < -0.3 is 4.74 Å². The Morgan fingerprint density at radius 3 is 3.08 bits per heavy atom. The molecule has 6 heteroatoms. The van der Waals surface area contributed by atoms with Crippen LogP contribution in [-0.4, -0.2) is 29.5 Å². The molecule has 2 unspecified atom stereocenters. The van der Waals surface area contributed by atoms with Crippen LogP contribution in [0.15, 0.2) is 0 Å². The van der Waals surface area contributed by atoms with E-state index in [2.05, 4.69) is 19.0 Å². The highest BCUT2D eigenvalue weighted by atomic mass is 32.2. The molecule has 0 radical (unpaired) electrons. The number of esters is 1. The molecule has 1 rings (SSSR count). The Balaban J connectivity index is 2.34. The first-order valence-corrected chi connectivity index (χ1v) is 4.06. The molecule has 0 bridgehead atoms. The van der Waals surface area contributed by atoms with E-state index >= 15 is 0 Å². The number of ether oxygens (including phenoxy) is 1. The summed E-state index contributed by atoms with van der Waals surface area (Å²) >= 11 is -1.83. The molecule has 1 saturated heterocycles. The van der Waals surface area contributed by atoms with Crippen molar-refractivity contribution in [2.75, 3.05) is 13.2 Å². The Labute approximate surface area is 71.9 Å². The van der Waals surface area contributed by atoms with Gasteiger partial charge in [-0.1, -0.05) is 5.92 Å². The SMILES string of the molecule is C#CCOC(=O)C1COS(=O)O1. The molecule has 1 aliphatic heterocycles. The molecule has 0 aromatic carbocycles. The molecular formula is C6H6O5S. The standard InChI is InChI=1S/C6H6O5S/c1-2-3-9-6(7)5-4-10-12(8)11-5/h1,5H,3-4H2. The Morgan fingerprint density at radius 2 is 2.58 bits per heavy atom. The van der Waals surface area contributed by atoms with E-state index in [-0.39, 0.29) is 13.2 Å². The molecule has 12 heavy (non-hydrogen) atoms. The fraction of sp³-hybridized carbons (Fsp3) is 0.500. The normalized spacial score (nSPS) is 27.9. The summed E-state index contributed by atoms with van der Waals surface area (Å²) in [7, 11) is 0. The van der Waals surface area contributed by atoms with E-state index in [1.165, 1.54) is 0 Å². The molecule has 1 aliphatic rings. The summed E-state index contributed by atoms with van der Waals surface area (Å²) in [5.74, 6) is 1.46. The summed E-state index contributed by atoms with van der Waals surface area (Å²) in [5.41, 5.74) is 0. The van der Waals surface area contributed by atoms with Gasteiger partial charge in [-0.3, -0.25) is 8.37 Å². The third-order valence-electron chi connectivity index (χ3n) is 1.07. The van der Waals surface area contributed by atoms with Gasteiger partial charge in [-0.15, -0.1) is 6.42 Å².